The molecular weight excluding hydrogens is 469 g/mol. The molecule has 1 aromatic rings. The molecular formula is C13H17F6IN4O. The van der Waals surface area contributed by atoms with E-state index in [2.05, 4.69) is 25.3 Å². The zero-order valence-electron chi connectivity index (χ0n) is 13.0. The average Bonchev–Trinajstić information content (AvgIpc) is 2.47. The van der Waals surface area contributed by atoms with E-state index in [1.54, 1.807) is 0 Å². The van der Waals surface area contributed by atoms with Gasteiger partial charge < -0.3 is 15.4 Å². The van der Waals surface area contributed by atoms with Crippen molar-refractivity contribution in [3.63, 3.8) is 0 Å². The van der Waals surface area contributed by atoms with Crippen LogP contribution in [0.3, 0.4) is 0 Å². The van der Waals surface area contributed by atoms with Gasteiger partial charge in [0.2, 0.25) is 5.88 Å². The van der Waals surface area contributed by atoms with E-state index in [-0.39, 0.29) is 48.9 Å². The molecule has 1 aromatic heterocycles. The Morgan fingerprint density at radius 1 is 1.16 bits per heavy atom. The first-order chi connectivity index (χ1) is 11.1. The van der Waals surface area contributed by atoms with Crippen molar-refractivity contribution in [1.29, 1.82) is 0 Å². The Labute approximate surface area is 157 Å². The van der Waals surface area contributed by atoms with Crippen molar-refractivity contribution in [3.8, 4) is 5.88 Å². The molecule has 144 valence electrons. The maximum atomic E-state index is 12.1. The average molecular weight is 486 g/mol. The number of ether oxygens (including phenoxy) is 1. The number of aliphatic imine (C=N–C) groups is 1. The molecule has 0 aromatic carbocycles. The first kappa shape index (κ1) is 23.5. The third kappa shape index (κ3) is 11.7. The van der Waals surface area contributed by atoms with Crippen LogP contribution in [0.1, 0.15) is 12.0 Å². The lowest BCUT2D eigenvalue weighted by molar-refractivity contribution is -0.154. The van der Waals surface area contributed by atoms with E-state index in [0.717, 1.165) is 0 Å². The highest BCUT2D eigenvalue weighted by atomic mass is 127. The van der Waals surface area contributed by atoms with Gasteiger partial charge in [-0.3, -0.25) is 4.99 Å². The standard InChI is InChI=1S/C13H16F6N4O.HI/c1-20-11(22-5-3-12(14,15)16)23-7-9-2-4-21-10(6-9)24-8-13(17,18)19;/h2,4,6H,3,5,7-8H2,1H3,(H2,20,22,23);1H. The quantitative estimate of drug-likeness (QED) is 0.281. The van der Waals surface area contributed by atoms with E-state index in [4.69, 9.17) is 0 Å². The van der Waals surface area contributed by atoms with Gasteiger partial charge in [0, 0.05) is 32.4 Å². The van der Waals surface area contributed by atoms with Crippen LogP contribution < -0.4 is 15.4 Å². The fourth-order valence-corrected chi connectivity index (χ4v) is 1.52. The summed E-state index contributed by atoms with van der Waals surface area (Å²) in [5, 5.41) is 5.22. The first-order valence-corrected chi connectivity index (χ1v) is 6.75. The SMILES string of the molecule is CN=C(NCCC(F)(F)F)NCc1ccnc(OCC(F)(F)F)c1.I. The van der Waals surface area contributed by atoms with Gasteiger partial charge in [-0.15, -0.1) is 24.0 Å². The molecule has 0 aliphatic heterocycles. The van der Waals surface area contributed by atoms with Crippen LogP contribution in [0.15, 0.2) is 23.3 Å². The van der Waals surface area contributed by atoms with E-state index < -0.39 is 25.4 Å². The fraction of sp³-hybridized carbons (Fsp3) is 0.538. The third-order valence-electron chi connectivity index (χ3n) is 2.57. The molecule has 0 aliphatic rings. The smallest absolute Gasteiger partial charge is 0.422 e. The van der Waals surface area contributed by atoms with Gasteiger partial charge in [-0.05, 0) is 11.6 Å². The minimum Gasteiger partial charge on any atom is -0.468 e. The lowest BCUT2D eigenvalue weighted by atomic mass is 10.2. The molecule has 0 radical (unpaired) electrons. The molecule has 0 aliphatic carbocycles. The molecule has 1 rings (SSSR count). The Kier molecular flexibility index (Phi) is 9.89. The van der Waals surface area contributed by atoms with Crippen LogP contribution >= 0.6 is 24.0 Å². The number of rotatable bonds is 6. The molecule has 0 spiro atoms. The topological polar surface area (TPSA) is 58.5 Å². The molecule has 12 heteroatoms. The molecule has 0 unspecified atom stereocenters. The van der Waals surface area contributed by atoms with Gasteiger partial charge in [0.15, 0.2) is 12.6 Å². The van der Waals surface area contributed by atoms with Crippen molar-refractivity contribution in [2.75, 3.05) is 20.2 Å². The highest BCUT2D eigenvalue weighted by molar-refractivity contribution is 14.0. The summed E-state index contributed by atoms with van der Waals surface area (Å²) in [6.07, 6.45) is -8.50. The number of hydrogen-bond donors (Lipinski definition) is 2. The van der Waals surface area contributed by atoms with Gasteiger partial charge in [-0.2, -0.15) is 26.3 Å². The normalized spacial score (nSPS) is 12.4. The van der Waals surface area contributed by atoms with E-state index in [9.17, 15) is 26.3 Å². The Balaban J connectivity index is 0.00000576. The number of pyridine rings is 1. The van der Waals surface area contributed by atoms with Crippen molar-refractivity contribution in [2.45, 2.75) is 25.3 Å². The molecule has 0 amide bonds. The Morgan fingerprint density at radius 3 is 2.40 bits per heavy atom. The maximum Gasteiger partial charge on any atom is 0.422 e. The summed E-state index contributed by atoms with van der Waals surface area (Å²) >= 11 is 0. The number of hydrogen-bond acceptors (Lipinski definition) is 3. The van der Waals surface area contributed by atoms with Gasteiger partial charge in [-0.25, -0.2) is 4.98 Å². The number of halogens is 7. The maximum absolute atomic E-state index is 12.1. The zero-order valence-corrected chi connectivity index (χ0v) is 15.4. The molecule has 2 N–H and O–H groups in total. The number of nitrogens with one attached hydrogen (secondary N) is 2. The molecule has 0 bridgehead atoms. The summed E-state index contributed by atoms with van der Waals surface area (Å²) in [4.78, 5) is 7.39. The zero-order chi connectivity index (χ0) is 18.2. The number of alkyl halides is 6. The van der Waals surface area contributed by atoms with Crippen molar-refractivity contribution in [2.24, 2.45) is 4.99 Å². The second kappa shape index (κ2) is 10.5. The molecule has 25 heavy (non-hydrogen) atoms. The van der Waals surface area contributed by atoms with Crippen LogP contribution in [0, 0.1) is 0 Å². The third-order valence-corrected chi connectivity index (χ3v) is 2.57. The van der Waals surface area contributed by atoms with Crippen LogP contribution in [-0.4, -0.2) is 43.5 Å². The molecule has 1 heterocycles. The van der Waals surface area contributed by atoms with E-state index >= 15 is 0 Å². The molecule has 0 fully saturated rings. The van der Waals surface area contributed by atoms with Crippen LogP contribution in [0.2, 0.25) is 0 Å². The monoisotopic (exact) mass is 486 g/mol. The molecule has 0 atom stereocenters. The number of nitrogens with zero attached hydrogens (tertiary/aromatic N) is 2. The van der Waals surface area contributed by atoms with Crippen LogP contribution in [-0.2, 0) is 6.54 Å². The predicted octanol–water partition coefficient (Wildman–Crippen LogP) is 3.26. The minimum atomic E-state index is -4.47. The van der Waals surface area contributed by atoms with Gasteiger partial charge >= 0.3 is 12.4 Å². The molecule has 5 nitrogen and oxygen atoms in total. The first-order valence-electron chi connectivity index (χ1n) is 6.75. The Bertz CT molecular complexity index is 550. The largest absolute Gasteiger partial charge is 0.468 e. The second-order valence-electron chi connectivity index (χ2n) is 4.62. The summed E-state index contributed by atoms with van der Waals surface area (Å²) in [6, 6.07) is 2.82. The van der Waals surface area contributed by atoms with E-state index in [1.165, 1.54) is 25.4 Å². The summed E-state index contributed by atoms with van der Waals surface area (Å²) in [5.74, 6) is -0.0690. The van der Waals surface area contributed by atoms with Crippen LogP contribution in [0.25, 0.3) is 0 Å². The fourth-order valence-electron chi connectivity index (χ4n) is 1.52. The summed E-state index contributed by atoms with van der Waals surface area (Å²) in [7, 11) is 1.38. The Hall–Kier alpha value is -1.47. The lowest BCUT2D eigenvalue weighted by Gasteiger charge is -2.13. The van der Waals surface area contributed by atoms with Crippen LogP contribution in [0.5, 0.6) is 5.88 Å². The van der Waals surface area contributed by atoms with Gasteiger partial charge in [-0.1, -0.05) is 0 Å². The van der Waals surface area contributed by atoms with E-state index in [0.29, 0.717) is 5.56 Å². The lowest BCUT2D eigenvalue weighted by Crippen LogP contribution is -2.38. The summed E-state index contributed by atoms with van der Waals surface area (Å²) in [6.45, 7) is -1.69. The highest BCUT2D eigenvalue weighted by Gasteiger charge is 2.28. The highest BCUT2D eigenvalue weighted by Crippen LogP contribution is 2.18. The Morgan fingerprint density at radius 2 is 1.84 bits per heavy atom. The summed E-state index contributed by atoms with van der Waals surface area (Å²) in [5.41, 5.74) is 0.529. The van der Waals surface area contributed by atoms with E-state index in [1.807, 2.05) is 0 Å². The molecule has 0 saturated heterocycles. The van der Waals surface area contributed by atoms with Gasteiger partial charge in [0.1, 0.15) is 0 Å². The van der Waals surface area contributed by atoms with Crippen molar-refractivity contribution < 1.29 is 31.1 Å². The molecule has 0 saturated carbocycles. The predicted molar refractivity (Wildman–Crippen MR) is 90.1 cm³/mol. The minimum absolute atomic E-state index is 0. The number of guanidine groups is 1. The summed E-state index contributed by atoms with van der Waals surface area (Å²) < 4.78 is 76.9. The second-order valence-corrected chi connectivity index (χ2v) is 4.62. The number of aromatic nitrogens is 1. The van der Waals surface area contributed by atoms with Crippen molar-refractivity contribution in [3.05, 3.63) is 23.9 Å². The van der Waals surface area contributed by atoms with Crippen molar-refractivity contribution >= 4 is 29.9 Å². The van der Waals surface area contributed by atoms with Crippen LogP contribution in [0.4, 0.5) is 26.3 Å². The van der Waals surface area contributed by atoms with Crippen molar-refractivity contribution in [1.82, 2.24) is 15.6 Å². The van der Waals surface area contributed by atoms with Gasteiger partial charge in [0.05, 0.1) is 6.42 Å². The van der Waals surface area contributed by atoms with Gasteiger partial charge in [0.25, 0.3) is 0 Å².